The Kier molecular flexibility index (Phi) is 5.75. The number of benzene rings is 1. The largest absolute Gasteiger partial charge is 0.507 e. The van der Waals surface area contributed by atoms with E-state index >= 15 is 0 Å². The van der Waals surface area contributed by atoms with E-state index in [0.717, 1.165) is 49.2 Å². The van der Waals surface area contributed by atoms with Gasteiger partial charge in [0.1, 0.15) is 5.75 Å². The molecule has 1 atom stereocenters. The lowest BCUT2D eigenvalue weighted by Gasteiger charge is -2.30. The number of hydrogen-bond donors (Lipinski definition) is 6. The molecule has 2 aliphatic heterocycles. The maximum absolute atomic E-state index is 13.0. The summed E-state index contributed by atoms with van der Waals surface area (Å²) in [7, 11) is 0. The summed E-state index contributed by atoms with van der Waals surface area (Å²) >= 11 is 0. The van der Waals surface area contributed by atoms with Crippen LogP contribution >= 0.6 is 0 Å². The number of phenols is 1. The van der Waals surface area contributed by atoms with Crippen molar-refractivity contribution in [2.24, 2.45) is 5.41 Å². The molecular formula is C26H33N7O2. The number of nitrogens with two attached hydrogens (primary N) is 1. The topological polar surface area (TPSA) is 149 Å². The van der Waals surface area contributed by atoms with Crippen LogP contribution in [0.5, 0.6) is 5.75 Å². The molecule has 7 N–H and O–H groups in total. The van der Waals surface area contributed by atoms with E-state index < -0.39 is 0 Å². The fourth-order valence-electron chi connectivity index (χ4n) is 5.02. The van der Waals surface area contributed by atoms with E-state index in [4.69, 9.17) is 11.1 Å². The summed E-state index contributed by atoms with van der Waals surface area (Å²) in [6, 6.07) is 5.15. The third kappa shape index (κ3) is 4.73. The molecule has 1 aromatic heterocycles. The van der Waals surface area contributed by atoms with Crippen molar-refractivity contribution in [3.63, 3.8) is 0 Å². The first kappa shape index (κ1) is 23.3. The molecule has 184 valence electrons. The molecule has 1 aliphatic carbocycles. The Morgan fingerprint density at radius 1 is 1.31 bits per heavy atom. The highest BCUT2D eigenvalue weighted by Crippen LogP contribution is 2.42. The monoisotopic (exact) mass is 475 g/mol. The molecule has 1 unspecified atom stereocenters. The van der Waals surface area contributed by atoms with Gasteiger partial charge in [-0.3, -0.25) is 4.79 Å². The quantitative estimate of drug-likeness (QED) is 0.364. The molecule has 1 amide bonds. The highest BCUT2D eigenvalue weighted by Gasteiger charge is 2.45. The molecule has 3 heterocycles. The van der Waals surface area contributed by atoms with Crippen LogP contribution in [-0.2, 0) is 0 Å². The highest BCUT2D eigenvalue weighted by molar-refractivity contribution is 6.10. The minimum Gasteiger partial charge on any atom is -0.507 e. The summed E-state index contributed by atoms with van der Waals surface area (Å²) in [6.45, 7) is 5.93. The first-order valence-electron chi connectivity index (χ1n) is 12.2. The van der Waals surface area contributed by atoms with E-state index in [-0.39, 0.29) is 34.6 Å². The third-order valence-corrected chi connectivity index (χ3v) is 7.39. The van der Waals surface area contributed by atoms with Gasteiger partial charge in [-0.05, 0) is 55.2 Å². The number of hydrogen-bond acceptors (Lipinski definition) is 8. The maximum Gasteiger partial charge on any atom is 0.274 e. The molecular weight excluding hydrogens is 442 g/mol. The number of aromatic hydroxyl groups is 1. The Morgan fingerprint density at radius 3 is 2.74 bits per heavy atom. The number of rotatable bonds is 5. The van der Waals surface area contributed by atoms with E-state index in [9.17, 15) is 9.90 Å². The summed E-state index contributed by atoms with van der Waals surface area (Å²) in [5.74, 6) is -0.311. The predicted octanol–water partition coefficient (Wildman–Crippen LogP) is 2.83. The SMILES string of the molecule is CC1(C)CN/C(=C(\C=N)c2ccc(O)c(-c3cnc(N)c(C(=O)NC4CCC5(CC5)NC4)n3)c2)C1. The number of carbonyl (C=O) groups excluding carboxylic acids is 1. The summed E-state index contributed by atoms with van der Waals surface area (Å²) in [6.07, 6.45) is 8.01. The van der Waals surface area contributed by atoms with Gasteiger partial charge in [-0.2, -0.15) is 0 Å². The lowest BCUT2D eigenvalue weighted by atomic mass is 9.90. The number of anilines is 1. The van der Waals surface area contributed by atoms with E-state index in [1.54, 1.807) is 18.2 Å². The molecule has 1 saturated carbocycles. The van der Waals surface area contributed by atoms with Crippen molar-refractivity contribution < 1.29 is 9.90 Å². The van der Waals surface area contributed by atoms with Crippen molar-refractivity contribution in [2.75, 3.05) is 18.8 Å². The summed E-state index contributed by atoms with van der Waals surface area (Å²) < 4.78 is 0. The second-order valence-electron chi connectivity index (χ2n) is 10.8. The zero-order valence-electron chi connectivity index (χ0n) is 20.2. The normalized spacial score (nSPS) is 23.4. The van der Waals surface area contributed by atoms with E-state index in [0.29, 0.717) is 16.8 Å². The van der Waals surface area contributed by atoms with Crippen molar-refractivity contribution >= 4 is 23.5 Å². The van der Waals surface area contributed by atoms with Crippen LogP contribution in [0.15, 0.2) is 30.1 Å². The van der Waals surface area contributed by atoms with Gasteiger partial charge >= 0.3 is 0 Å². The Hall–Kier alpha value is -3.46. The minimum atomic E-state index is -0.370. The molecule has 35 heavy (non-hydrogen) atoms. The first-order valence-corrected chi connectivity index (χ1v) is 12.2. The van der Waals surface area contributed by atoms with E-state index in [1.165, 1.54) is 25.3 Å². The molecule has 0 bridgehead atoms. The Labute approximate surface area is 205 Å². The van der Waals surface area contributed by atoms with Crippen molar-refractivity contribution in [2.45, 2.75) is 57.5 Å². The molecule has 5 rings (SSSR count). The molecule has 2 aromatic rings. The number of piperidine rings is 1. The zero-order chi connectivity index (χ0) is 24.8. The van der Waals surface area contributed by atoms with Crippen LogP contribution in [0.2, 0.25) is 0 Å². The Bertz CT molecular complexity index is 1210. The van der Waals surface area contributed by atoms with Gasteiger partial charge in [0.15, 0.2) is 11.5 Å². The molecule has 3 fully saturated rings. The smallest absolute Gasteiger partial charge is 0.274 e. The van der Waals surface area contributed by atoms with Gasteiger partial charge < -0.3 is 32.2 Å². The Morgan fingerprint density at radius 2 is 2.11 bits per heavy atom. The second-order valence-corrected chi connectivity index (χ2v) is 10.8. The average molecular weight is 476 g/mol. The van der Waals surface area contributed by atoms with Gasteiger partial charge in [-0.15, -0.1) is 0 Å². The van der Waals surface area contributed by atoms with Crippen molar-refractivity contribution in [1.29, 1.82) is 5.41 Å². The van der Waals surface area contributed by atoms with Gasteiger partial charge in [0.25, 0.3) is 5.91 Å². The van der Waals surface area contributed by atoms with Crippen LogP contribution in [0.3, 0.4) is 0 Å². The number of carbonyl (C=O) groups is 1. The lowest BCUT2D eigenvalue weighted by Crippen LogP contribution is -2.50. The fraction of sp³-hybridized carbons (Fsp3) is 0.462. The number of nitrogens with one attached hydrogen (secondary N) is 4. The second kappa shape index (κ2) is 8.64. The molecule has 3 aliphatic rings. The number of amides is 1. The molecule has 2 saturated heterocycles. The fourth-order valence-corrected chi connectivity index (χ4v) is 5.02. The van der Waals surface area contributed by atoms with Crippen LogP contribution in [0, 0.1) is 10.8 Å². The summed E-state index contributed by atoms with van der Waals surface area (Å²) in [4.78, 5) is 21.7. The van der Waals surface area contributed by atoms with Crippen LogP contribution in [0.4, 0.5) is 5.82 Å². The van der Waals surface area contributed by atoms with Gasteiger partial charge in [-0.1, -0.05) is 19.9 Å². The van der Waals surface area contributed by atoms with Crippen LogP contribution in [0.25, 0.3) is 16.8 Å². The van der Waals surface area contributed by atoms with Gasteiger partial charge in [0.2, 0.25) is 0 Å². The molecule has 9 heteroatoms. The number of aromatic nitrogens is 2. The van der Waals surface area contributed by atoms with Crippen LogP contribution < -0.4 is 21.7 Å². The number of allylic oxidation sites excluding steroid dienone is 2. The number of phenolic OH excluding ortho intramolecular Hbond substituents is 1. The molecule has 1 spiro atoms. The van der Waals surface area contributed by atoms with Crippen LogP contribution in [0.1, 0.15) is 62.0 Å². The molecule has 1 aromatic carbocycles. The van der Waals surface area contributed by atoms with Crippen molar-refractivity contribution in [3.05, 3.63) is 41.4 Å². The molecule has 9 nitrogen and oxygen atoms in total. The van der Waals surface area contributed by atoms with Gasteiger partial charge in [0.05, 0.1) is 11.9 Å². The minimum absolute atomic E-state index is 0.0134. The summed E-state index contributed by atoms with van der Waals surface area (Å²) in [5, 5.41) is 28.6. The Balaban J connectivity index is 1.41. The summed E-state index contributed by atoms with van der Waals surface area (Å²) in [5.41, 5.74) is 9.78. The van der Waals surface area contributed by atoms with E-state index in [2.05, 4.69) is 39.8 Å². The standard InChI is InChI=1S/C26H33N7O2/c1-25(2)10-19(30-14-25)18(11-27)15-3-4-21(34)17(9-15)20-13-29-23(28)22(33-20)24(35)32-16-5-6-26(7-8-26)31-12-16/h3-4,9,11,13,16,27,30-31,34H,5-8,10,12,14H2,1-2H3,(H2,28,29)(H,32,35)/b19-18+,27-11?. The lowest BCUT2D eigenvalue weighted by molar-refractivity contribution is 0.0921. The predicted molar refractivity (Wildman–Crippen MR) is 136 cm³/mol. The average Bonchev–Trinajstić information content (AvgIpc) is 3.49. The third-order valence-electron chi connectivity index (χ3n) is 7.39. The van der Waals surface area contributed by atoms with E-state index in [1.807, 2.05) is 0 Å². The first-order chi connectivity index (χ1) is 16.7. The zero-order valence-corrected chi connectivity index (χ0v) is 20.2. The van der Waals surface area contributed by atoms with Crippen molar-refractivity contribution in [3.8, 4) is 17.0 Å². The van der Waals surface area contributed by atoms with Crippen LogP contribution in [-0.4, -0.2) is 51.9 Å². The van der Waals surface area contributed by atoms with Gasteiger partial charge in [-0.25, -0.2) is 9.97 Å². The van der Waals surface area contributed by atoms with Crippen molar-refractivity contribution in [1.82, 2.24) is 25.9 Å². The molecule has 0 radical (unpaired) electrons. The maximum atomic E-state index is 13.0. The number of nitrogens with zero attached hydrogens (tertiary/aromatic N) is 2. The number of nitrogen functional groups attached to an aromatic ring is 1. The van der Waals surface area contributed by atoms with Gasteiger partial charge in [0, 0.05) is 47.7 Å². The highest BCUT2D eigenvalue weighted by atomic mass is 16.3.